The van der Waals surface area contributed by atoms with Crippen molar-refractivity contribution in [2.45, 2.75) is 18.1 Å². The topological polar surface area (TPSA) is 115 Å². The first-order chi connectivity index (χ1) is 12.9. The van der Waals surface area contributed by atoms with Gasteiger partial charge in [0.1, 0.15) is 22.2 Å². The summed E-state index contributed by atoms with van der Waals surface area (Å²) >= 11 is 1.15. The van der Waals surface area contributed by atoms with Gasteiger partial charge in [-0.05, 0) is 31.0 Å². The largest absolute Gasteiger partial charge is 0.283 e. The van der Waals surface area contributed by atoms with E-state index in [1.165, 1.54) is 18.3 Å². The number of nitrogens with zero attached hydrogens (tertiary/aromatic N) is 4. The van der Waals surface area contributed by atoms with E-state index in [2.05, 4.69) is 20.2 Å². The van der Waals surface area contributed by atoms with E-state index >= 15 is 0 Å². The van der Waals surface area contributed by atoms with Gasteiger partial charge in [0.2, 0.25) is 10.0 Å². The summed E-state index contributed by atoms with van der Waals surface area (Å²) < 4.78 is 39.2. The van der Waals surface area contributed by atoms with Crippen LogP contribution in [0.15, 0.2) is 36.7 Å². The Morgan fingerprint density at radius 3 is 2.70 bits per heavy atom. The monoisotopic (exact) mass is 405 g/mol. The van der Waals surface area contributed by atoms with E-state index in [1.54, 1.807) is 12.1 Å². The smallest absolute Gasteiger partial charge is 0.266 e. The predicted octanol–water partition coefficient (Wildman–Crippen LogP) is 2.02. The van der Waals surface area contributed by atoms with Crippen molar-refractivity contribution < 1.29 is 17.6 Å². The zero-order valence-electron chi connectivity index (χ0n) is 13.7. The number of carbonyl (C=O) groups excluding carboxylic acids is 1. The molecule has 4 rings (SSSR count). The number of hydrogen-bond acceptors (Lipinski definition) is 8. The van der Waals surface area contributed by atoms with Gasteiger partial charge in [-0.1, -0.05) is 17.4 Å². The Hall–Kier alpha value is -2.79. The fourth-order valence-corrected chi connectivity index (χ4v) is 4.38. The van der Waals surface area contributed by atoms with Crippen LogP contribution < -0.4 is 4.72 Å². The molecule has 1 amide bonds. The highest BCUT2D eigenvalue weighted by Crippen LogP contribution is 2.29. The first-order valence-corrected chi connectivity index (χ1v) is 10.3. The fourth-order valence-electron chi connectivity index (χ4n) is 2.30. The molecule has 0 bridgehead atoms. The molecule has 1 aliphatic carbocycles. The van der Waals surface area contributed by atoms with Crippen LogP contribution in [0.3, 0.4) is 0 Å². The van der Waals surface area contributed by atoms with Crippen molar-refractivity contribution in [3.63, 3.8) is 0 Å². The molecular weight excluding hydrogens is 393 g/mol. The molecule has 8 nitrogen and oxygen atoms in total. The molecule has 1 aliphatic rings. The van der Waals surface area contributed by atoms with Gasteiger partial charge in [-0.2, -0.15) is 0 Å². The van der Waals surface area contributed by atoms with Crippen molar-refractivity contribution >= 4 is 27.3 Å². The van der Waals surface area contributed by atoms with Gasteiger partial charge in [-0.15, -0.1) is 10.2 Å². The Bertz CT molecular complexity index is 1130. The molecule has 27 heavy (non-hydrogen) atoms. The number of pyridine rings is 2. The Balaban J connectivity index is 1.58. The highest BCUT2D eigenvalue weighted by atomic mass is 32.2. The standard InChI is InChI=1S/C16H12FN5O3S2/c17-10-6-9(7-18-8-10)15-20-21-16(26-15)13-3-1-2-12(19-13)14(23)22-27(24,25)11-4-5-11/h1-3,6-8,11H,4-5H2,(H,22,23). The molecule has 138 valence electrons. The van der Waals surface area contributed by atoms with Crippen LogP contribution in [0, 0.1) is 5.82 Å². The number of nitrogens with one attached hydrogen (secondary N) is 1. The second kappa shape index (κ2) is 6.74. The van der Waals surface area contributed by atoms with Crippen molar-refractivity contribution in [1.82, 2.24) is 24.9 Å². The van der Waals surface area contributed by atoms with Crippen LogP contribution in [0.5, 0.6) is 0 Å². The number of sulfonamides is 1. The lowest BCUT2D eigenvalue weighted by Crippen LogP contribution is -2.33. The molecular formula is C16H12FN5O3S2. The molecule has 1 fully saturated rings. The number of amides is 1. The fraction of sp³-hybridized carbons (Fsp3) is 0.188. The number of aromatic nitrogens is 4. The molecule has 0 saturated heterocycles. The quantitative estimate of drug-likeness (QED) is 0.690. The van der Waals surface area contributed by atoms with E-state index in [-0.39, 0.29) is 5.69 Å². The zero-order valence-corrected chi connectivity index (χ0v) is 15.3. The number of halogens is 1. The van der Waals surface area contributed by atoms with Gasteiger partial charge in [0.15, 0.2) is 5.01 Å². The maximum Gasteiger partial charge on any atom is 0.283 e. The number of carbonyl (C=O) groups is 1. The van der Waals surface area contributed by atoms with E-state index in [0.29, 0.717) is 34.1 Å². The van der Waals surface area contributed by atoms with E-state index < -0.39 is 27.0 Å². The molecule has 3 aromatic heterocycles. The van der Waals surface area contributed by atoms with Gasteiger partial charge in [0.05, 0.1) is 11.4 Å². The van der Waals surface area contributed by atoms with Crippen molar-refractivity contribution in [3.8, 4) is 21.3 Å². The normalized spacial score (nSPS) is 14.1. The van der Waals surface area contributed by atoms with E-state index in [4.69, 9.17) is 0 Å². The average molecular weight is 405 g/mol. The summed E-state index contributed by atoms with van der Waals surface area (Å²) in [5.74, 6) is -1.28. The Labute approximate surface area is 157 Å². The lowest BCUT2D eigenvalue weighted by molar-refractivity contribution is 0.0976. The van der Waals surface area contributed by atoms with Crippen LogP contribution in [0.1, 0.15) is 23.3 Å². The third-order valence-corrected chi connectivity index (χ3v) is 6.59. The average Bonchev–Trinajstić information content (AvgIpc) is 3.40. The van der Waals surface area contributed by atoms with Crippen LogP contribution in [-0.2, 0) is 10.0 Å². The van der Waals surface area contributed by atoms with Crippen LogP contribution in [-0.4, -0.2) is 39.7 Å². The van der Waals surface area contributed by atoms with Gasteiger partial charge in [0, 0.05) is 11.8 Å². The molecule has 3 heterocycles. The molecule has 3 aromatic rings. The van der Waals surface area contributed by atoms with Crippen molar-refractivity contribution in [2.75, 3.05) is 0 Å². The first kappa shape index (κ1) is 17.6. The lowest BCUT2D eigenvalue weighted by atomic mass is 10.3. The van der Waals surface area contributed by atoms with E-state index in [0.717, 1.165) is 17.5 Å². The Morgan fingerprint density at radius 2 is 1.96 bits per heavy atom. The summed E-state index contributed by atoms with van der Waals surface area (Å²) in [5, 5.41) is 8.36. The van der Waals surface area contributed by atoms with Crippen LogP contribution in [0.25, 0.3) is 21.3 Å². The highest BCUT2D eigenvalue weighted by Gasteiger charge is 2.37. The summed E-state index contributed by atoms with van der Waals surface area (Å²) in [7, 11) is -3.66. The van der Waals surface area contributed by atoms with Crippen molar-refractivity contribution in [2.24, 2.45) is 0 Å². The second-order valence-electron chi connectivity index (χ2n) is 5.89. The Morgan fingerprint density at radius 1 is 1.19 bits per heavy atom. The minimum absolute atomic E-state index is 0.0408. The molecule has 0 aromatic carbocycles. The van der Waals surface area contributed by atoms with E-state index in [9.17, 15) is 17.6 Å². The second-order valence-corrected chi connectivity index (χ2v) is 8.83. The SMILES string of the molecule is O=C(NS(=O)(=O)C1CC1)c1cccc(-c2nnc(-c3cncc(F)c3)s2)n1. The molecule has 0 radical (unpaired) electrons. The van der Waals surface area contributed by atoms with Crippen LogP contribution >= 0.6 is 11.3 Å². The molecule has 0 atom stereocenters. The van der Waals surface area contributed by atoms with Crippen molar-refractivity contribution in [1.29, 1.82) is 0 Å². The van der Waals surface area contributed by atoms with Gasteiger partial charge < -0.3 is 0 Å². The summed E-state index contributed by atoms with van der Waals surface area (Å²) in [6, 6.07) is 5.91. The molecule has 0 spiro atoms. The summed E-state index contributed by atoms with van der Waals surface area (Å²) in [6.07, 6.45) is 3.66. The maximum absolute atomic E-state index is 13.3. The molecule has 1 N–H and O–H groups in total. The third-order valence-electron chi connectivity index (χ3n) is 3.78. The predicted molar refractivity (Wildman–Crippen MR) is 95.7 cm³/mol. The molecule has 0 unspecified atom stereocenters. The minimum atomic E-state index is -3.66. The highest BCUT2D eigenvalue weighted by molar-refractivity contribution is 7.91. The van der Waals surface area contributed by atoms with Crippen LogP contribution in [0.4, 0.5) is 4.39 Å². The van der Waals surface area contributed by atoms with Gasteiger partial charge in [0.25, 0.3) is 5.91 Å². The summed E-state index contributed by atoms with van der Waals surface area (Å²) in [4.78, 5) is 20.1. The molecule has 0 aliphatic heterocycles. The van der Waals surface area contributed by atoms with Crippen molar-refractivity contribution in [3.05, 3.63) is 48.2 Å². The number of rotatable bonds is 5. The zero-order chi connectivity index (χ0) is 19.0. The van der Waals surface area contributed by atoms with Crippen LogP contribution in [0.2, 0.25) is 0 Å². The summed E-state index contributed by atoms with van der Waals surface area (Å²) in [6.45, 7) is 0. The maximum atomic E-state index is 13.3. The van der Waals surface area contributed by atoms with Gasteiger partial charge >= 0.3 is 0 Å². The summed E-state index contributed by atoms with van der Waals surface area (Å²) in [5.41, 5.74) is 0.795. The van der Waals surface area contributed by atoms with Gasteiger partial charge in [-0.3, -0.25) is 9.78 Å². The first-order valence-electron chi connectivity index (χ1n) is 7.90. The Kier molecular flexibility index (Phi) is 4.40. The minimum Gasteiger partial charge on any atom is -0.266 e. The van der Waals surface area contributed by atoms with Gasteiger partial charge in [-0.25, -0.2) is 22.5 Å². The van der Waals surface area contributed by atoms with E-state index in [1.807, 2.05) is 4.72 Å². The number of hydrogen-bond donors (Lipinski definition) is 1. The third kappa shape index (κ3) is 3.83. The molecule has 1 saturated carbocycles. The lowest BCUT2D eigenvalue weighted by Gasteiger charge is -2.05. The molecule has 11 heteroatoms.